The number of rotatable bonds is 2. The highest BCUT2D eigenvalue weighted by atomic mass is 35.5. The number of hydrogen-bond acceptors (Lipinski definition) is 3. The Morgan fingerprint density at radius 2 is 2.32 bits per heavy atom. The number of benzene rings is 1. The molecule has 0 unspecified atom stereocenters. The van der Waals surface area contributed by atoms with E-state index in [9.17, 15) is 4.79 Å². The maximum absolute atomic E-state index is 12.7. The van der Waals surface area contributed by atoms with Crippen LogP contribution in [0, 0.1) is 0 Å². The number of halogens is 1. The largest absolute Gasteiger partial charge is 0.312 e. The molecule has 1 aromatic heterocycles. The molecule has 2 aromatic rings. The molecule has 3 rings (SSSR count). The van der Waals surface area contributed by atoms with Gasteiger partial charge in [-0.1, -0.05) is 29.8 Å². The van der Waals surface area contributed by atoms with Gasteiger partial charge in [-0.2, -0.15) is 5.10 Å². The summed E-state index contributed by atoms with van der Waals surface area (Å²) in [5.74, 6) is -0.0521. The molecule has 0 fully saturated rings. The molecule has 0 saturated carbocycles. The SMILES string of the molecule is Cn1ncc(Cl)c1C(=O)c1cccc2c1CCNC2. The van der Waals surface area contributed by atoms with Gasteiger partial charge in [0.25, 0.3) is 0 Å². The number of ketones is 1. The van der Waals surface area contributed by atoms with Crippen molar-refractivity contribution in [1.82, 2.24) is 15.1 Å². The Morgan fingerprint density at radius 3 is 3.05 bits per heavy atom. The fraction of sp³-hybridized carbons (Fsp3) is 0.286. The van der Waals surface area contributed by atoms with E-state index in [-0.39, 0.29) is 5.78 Å². The summed E-state index contributed by atoms with van der Waals surface area (Å²) in [6.45, 7) is 1.71. The van der Waals surface area contributed by atoms with E-state index in [4.69, 9.17) is 11.6 Å². The van der Waals surface area contributed by atoms with Gasteiger partial charge in [-0.3, -0.25) is 9.48 Å². The lowest BCUT2D eigenvalue weighted by Crippen LogP contribution is -2.26. The van der Waals surface area contributed by atoms with Crippen LogP contribution in [0.4, 0.5) is 0 Å². The second kappa shape index (κ2) is 4.79. The van der Waals surface area contributed by atoms with E-state index in [1.165, 1.54) is 16.4 Å². The Bertz CT molecular complexity index is 629. The van der Waals surface area contributed by atoms with Crippen molar-refractivity contribution in [1.29, 1.82) is 0 Å². The topological polar surface area (TPSA) is 46.9 Å². The summed E-state index contributed by atoms with van der Waals surface area (Å²) in [5.41, 5.74) is 3.51. The van der Waals surface area contributed by atoms with Gasteiger partial charge in [-0.05, 0) is 24.1 Å². The highest BCUT2D eigenvalue weighted by Gasteiger charge is 2.22. The van der Waals surface area contributed by atoms with Gasteiger partial charge >= 0.3 is 0 Å². The van der Waals surface area contributed by atoms with Crippen molar-refractivity contribution < 1.29 is 4.79 Å². The van der Waals surface area contributed by atoms with Crippen molar-refractivity contribution in [2.24, 2.45) is 7.05 Å². The summed E-state index contributed by atoms with van der Waals surface area (Å²) in [6, 6.07) is 5.85. The first-order valence-electron chi connectivity index (χ1n) is 6.22. The van der Waals surface area contributed by atoms with Gasteiger partial charge in [0.1, 0.15) is 5.69 Å². The molecule has 0 amide bonds. The Kier molecular flexibility index (Phi) is 3.12. The molecule has 1 aromatic carbocycles. The summed E-state index contributed by atoms with van der Waals surface area (Å²) < 4.78 is 1.53. The van der Waals surface area contributed by atoms with Gasteiger partial charge in [0.2, 0.25) is 5.78 Å². The normalized spacial score (nSPS) is 14.2. The van der Waals surface area contributed by atoms with Crippen LogP contribution in [0.5, 0.6) is 0 Å². The first-order chi connectivity index (χ1) is 9.18. The van der Waals surface area contributed by atoms with Gasteiger partial charge in [0, 0.05) is 19.2 Å². The summed E-state index contributed by atoms with van der Waals surface area (Å²) in [5, 5.41) is 7.74. The first kappa shape index (κ1) is 12.4. The van der Waals surface area contributed by atoms with Crippen molar-refractivity contribution in [3.05, 3.63) is 51.8 Å². The maximum atomic E-state index is 12.7. The number of carbonyl (C=O) groups is 1. The quantitative estimate of drug-likeness (QED) is 0.852. The molecule has 1 aliphatic heterocycles. The maximum Gasteiger partial charge on any atom is 0.212 e. The number of carbonyl (C=O) groups excluding carboxylic acids is 1. The van der Waals surface area contributed by atoms with E-state index in [2.05, 4.69) is 16.5 Å². The third kappa shape index (κ3) is 2.07. The minimum absolute atomic E-state index is 0.0521. The van der Waals surface area contributed by atoms with Crippen LogP contribution < -0.4 is 5.32 Å². The molecule has 98 valence electrons. The third-order valence-corrected chi connectivity index (χ3v) is 3.77. The number of aromatic nitrogens is 2. The van der Waals surface area contributed by atoms with E-state index in [1.54, 1.807) is 7.05 Å². The van der Waals surface area contributed by atoms with Gasteiger partial charge in [0.15, 0.2) is 0 Å². The highest BCUT2D eigenvalue weighted by molar-refractivity contribution is 6.34. The molecule has 4 nitrogen and oxygen atoms in total. The fourth-order valence-electron chi connectivity index (χ4n) is 2.54. The van der Waals surface area contributed by atoms with E-state index >= 15 is 0 Å². The minimum atomic E-state index is -0.0521. The number of nitrogens with zero attached hydrogens (tertiary/aromatic N) is 2. The van der Waals surface area contributed by atoms with Crippen LogP contribution in [0.1, 0.15) is 27.2 Å². The smallest absolute Gasteiger partial charge is 0.212 e. The zero-order valence-electron chi connectivity index (χ0n) is 10.6. The molecule has 19 heavy (non-hydrogen) atoms. The summed E-state index contributed by atoms with van der Waals surface area (Å²) in [7, 11) is 1.73. The van der Waals surface area contributed by atoms with Crippen LogP contribution in [-0.2, 0) is 20.0 Å². The first-order valence-corrected chi connectivity index (χ1v) is 6.60. The molecule has 0 aliphatic carbocycles. The minimum Gasteiger partial charge on any atom is -0.312 e. The van der Waals surface area contributed by atoms with Gasteiger partial charge < -0.3 is 5.32 Å². The van der Waals surface area contributed by atoms with Crippen LogP contribution in [0.25, 0.3) is 0 Å². The number of hydrogen-bond donors (Lipinski definition) is 1. The second-order valence-electron chi connectivity index (χ2n) is 4.66. The molecule has 1 N–H and O–H groups in total. The van der Waals surface area contributed by atoms with Crippen molar-refractivity contribution in [2.45, 2.75) is 13.0 Å². The standard InChI is InChI=1S/C14H14ClN3O/c1-18-13(12(15)8-17-18)14(19)11-4-2-3-9-7-16-6-5-10(9)11/h2-4,8,16H,5-7H2,1H3. The summed E-state index contributed by atoms with van der Waals surface area (Å²) in [6.07, 6.45) is 2.37. The van der Waals surface area contributed by atoms with Crippen molar-refractivity contribution in [2.75, 3.05) is 6.54 Å². The molecule has 0 saturated heterocycles. The second-order valence-corrected chi connectivity index (χ2v) is 5.07. The predicted octanol–water partition coefficient (Wildman–Crippen LogP) is 1.95. The third-order valence-electron chi connectivity index (χ3n) is 3.49. The Hall–Kier alpha value is -1.65. The predicted molar refractivity (Wildman–Crippen MR) is 73.5 cm³/mol. The van der Waals surface area contributed by atoms with Crippen LogP contribution in [-0.4, -0.2) is 22.1 Å². The lowest BCUT2D eigenvalue weighted by Gasteiger charge is -2.19. The zero-order chi connectivity index (χ0) is 13.4. The number of nitrogens with one attached hydrogen (secondary N) is 1. The highest BCUT2D eigenvalue weighted by Crippen LogP contribution is 2.24. The van der Waals surface area contributed by atoms with E-state index < -0.39 is 0 Å². The van der Waals surface area contributed by atoms with E-state index in [0.29, 0.717) is 10.7 Å². The average Bonchev–Trinajstić information content (AvgIpc) is 2.77. The fourth-order valence-corrected chi connectivity index (χ4v) is 2.79. The molecular formula is C14H14ClN3O. The molecule has 0 atom stereocenters. The van der Waals surface area contributed by atoms with Crippen LogP contribution in [0.2, 0.25) is 5.02 Å². The van der Waals surface area contributed by atoms with Crippen molar-refractivity contribution in [3.63, 3.8) is 0 Å². The van der Waals surface area contributed by atoms with Crippen molar-refractivity contribution >= 4 is 17.4 Å². The zero-order valence-corrected chi connectivity index (χ0v) is 11.4. The Labute approximate surface area is 116 Å². The lowest BCUT2D eigenvalue weighted by molar-refractivity contribution is 0.102. The summed E-state index contributed by atoms with van der Waals surface area (Å²) in [4.78, 5) is 12.7. The molecular weight excluding hydrogens is 262 g/mol. The molecule has 0 spiro atoms. The van der Waals surface area contributed by atoms with E-state index in [1.807, 2.05) is 12.1 Å². The molecule has 0 radical (unpaired) electrons. The average molecular weight is 276 g/mol. The van der Waals surface area contributed by atoms with Crippen LogP contribution in [0.15, 0.2) is 24.4 Å². The van der Waals surface area contributed by atoms with Gasteiger partial charge in [0.05, 0.1) is 11.2 Å². The van der Waals surface area contributed by atoms with Crippen molar-refractivity contribution in [3.8, 4) is 0 Å². The van der Waals surface area contributed by atoms with Crippen LogP contribution >= 0.6 is 11.6 Å². The number of fused-ring (bicyclic) bond motifs is 1. The van der Waals surface area contributed by atoms with Crippen LogP contribution in [0.3, 0.4) is 0 Å². The monoisotopic (exact) mass is 275 g/mol. The molecule has 0 bridgehead atoms. The number of aryl methyl sites for hydroxylation is 1. The molecule has 1 aliphatic rings. The van der Waals surface area contributed by atoms with Gasteiger partial charge in [-0.15, -0.1) is 0 Å². The lowest BCUT2D eigenvalue weighted by atomic mass is 9.92. The van der Waals surface area contributed by atoms with Gasteiger partial charge in [-0.25, -0.2) is 0 Å². The summed E-state index contributed by atoms with van der Waals surface area (Å²) >= 11 is 6.06. The Morgan fingerprint density at radius 1 is 1.47 bits per heavy atom. The Balaban J connectivity index is 2.10. The molecule has 5 heteroatoms. The van der Waals surface area contributed by atoms with E-state index in [0.717, 1.165) is 30.6 Å². The molecule has 2 heterocycles.